The summed E-state index contributed by atoms with van der Waals surface area (Å²) in [6.07, 6.45) is 13.3. The van der Waals surface area contributed by atoms with Gasteiger partial charge in [0.25, 0.3) is 0 Å². The number of furan rings is 2. The summed E-state index contributed by atoms with van der Waals surface area (Å²) in [4.78, 5) is 4.68. The predicted molar refractivity (Wildman–Crippen MR) is 268 cm³/mol. The number of hydrogen-bond acceptors (Lipinski definition) is 5. The van der Waals surface area contributed by atoms with Crippen LogP contribution in [0.2, 0.25) is 0 Å². The van der Waals surface area contributed by atoms with Crippen molar-refractivity contribution in [2.75, 3.05) is 9.80 Å². The Bertz CT molecular complexity index is 3340. The van der Waals surface area contributed by atoms with Crippen LogP contribution in [-0.2, 0) is 0 Å². The summed E-state index contributed by atoms with van der Waals surface area (Å²) in [5.74, 6) is 3.01. The number of anilines is 5. The molecule has 64 heavy (non-hydrogen) atoms. The molecule has 7 aromatic carbocycles. The summed E-state index contributed by atoms with van der Waals surface area (Å²) in [7, 11) is 0. The molecular weight excluding hydrogens is 785 g/mol. The maximum Gasteiger partial charge on any atom is 0.159 e. The van der Waals surface area contributed by atoms with Crippen molar-refractivity contribution in [2.24, 2.45) is 11.8 Å². The summed E-state index contributed by atoms with van der Waals surface area (Å²) in [5.41, 5.74) is 13.0. The van der Waals surface area contributed by atoms with Gasteiger partial charge in [0.2, 0.25) is 0 Å². The number of aromatic hydroxyl groups is 1. The minimum atomic E-state index is 0.258. The van der Waals surface area contributed by atoms with Gasteiger partial charge in [-0.3, -0.25) is 0 Å². The number of para-hydroxylation sites is 2. The first-order valence-corrected chi connectivity index (χ1v) is 22.8. The van der Waals surface area contributed by atoms with Crippen LogP contribution in [0, 0.1) is 11.8 Å². The molecule has 5 nitrogen and oxygen atoms in total. The molecule has 2 heterocycles. The van der Waals surface area contributed by atoms with Crippen molar-refractivity contribution in [3.8, 4) is 16.9 Å². The molecule has 0 bridgehead atoms. The molecule has 0 saturated heterocycles. The average molecular weight is 837 g/mol. The topological polar surface area (TPSA) is 53.0 Å². The van der Waals surface area contributed by atoms with Gasteiger partial charge in [0.15, 0.2) is 5.58 Å². The van der Waals surface area contributed by atoms with Crippen LogP contribution >= 0.6 is 0 Å². The molecule has 0 aliphatic heterocycles. The first-order valence-electron chi connectivity index (χ1n) is 22.8. The zero-order valence-electron chi connectivity index (χ0n) is 37.0. The van der Waals surface area contributed by atoms with E-state index in [1.807, 2.05) is 18.2 Å². The van der Waals surface area contributed by atoms with E-state index in [1.165, 1.54) is 11.1 Å². The van der Waals surface area contributed by atoms with Gasteiger partial charge in [-0.25, -0.2) is 0 Å². The molecular formula is C59H52N2O3. The highest BCUT2D eigenvalue weighted by Crippen LogP contribution is 2.48. The normalized spacial score (nSPS) is 16.1. The van der Waals surface area contributed by atoms with Gasteiger partial charge in [-0.15, -0.1) is 0 Å². The number of phenolic OH excluding ortho intramolecular Hbond substituents is 1. The third-order valence-corrected chi connectivity index (χ3v) is 13.6. The van der Waals surface area contributed by atoms with Crippen molar-refractivity contribution in [3.63, 3.8) is 0 Å². The number of phenols is 1. The van der Waals surface area contributed by atoms with E-state index in [9.17, 15) is 5.11 Å². The zero-order valence-corrected chi connectivity index (χ0v) is 37.0. The van der Waals surface area contributed by atoms with E-state index >= 15 is 0 Å². The fourth-order valence-corrected chi connectivity index (χ4v) is 10.1. The molecule has 0 radical (unpaired) electrons. The second-order valence-corrected chi connectivity index (χ2v) is 18.3. The largest absolute Gasteiger partial charge is 0.507 e. The van der Waals surface area contributed by atoms with Gasteiger partial charge >= 0.3 is 0 Å². The van der Waals surface area contributed by atoms with Crippen molar-refractivity contribution in [3.05, 3.63) is 186 Å². The van der Waals surface area contributed by atoms with E-state index in [1.54, 1.807) is 6.07 Å². The van der Waals surface area contributed by atoms with E-state index in [4.69, 9.17) is 8.83 Å². The van der Waals surface area contributed by atoms with Gasteiger partial charge in [-0.2, -0.15) is 0 Å². The van der Waals surface area contributed by atoms with E-state index in [0.717, 1.165) is 108 Å². The van der Waals surface area contributed by atoms with E-state index in [0.29, 0.717) is 23.7 Å². The Kier molecular flexibility index (Phi) is 9.80. The predicted octanol–water partition coefficient (Wildman–Crippen LogP) is 17.2. The Morgan fingerprint density at radius 1 is 0.609 bits per heavy atom. The van der Waals surface area contributed by atoms with E-state index < -0.39 is 0 Å². The van der Waals surface area contributed by atoms with Crippen LogP contribution in [0.5, 0.6) is 5.75 Å². The molecule has 0 saturated carbocycles. The van der Waals surface area contributed by atoms with Crippen molar-refractivity contribution in [2.45, 2.75) is 59.3 Å². The molecule has 2 aromatic heterocycles. The minimum Gasteiger partial charge on any atom is -0.507 e. The Morgan fingerprint density at radius 3 is 2.14 bits per heavy atom. The number of hydrogen-bond donors (Lipinski definition) is 1. The quantitative estimate of drug-likeness (QED) is 0.157. The lowest BCUT2D eigenvalue weighted by Gasteiger charge is -2.31. The Morgan fingerprint density at radius 2 is 1.36 bits per heavy atom. The molecule has 0 spiro atoms. The maximum atomic E-state index is 10.9. The second-order valence-electron chi connectivity index (χ2n) is 18.3. The first-order chi connectivity index (χ1) is 31.2. The van der Waals surface area contributed by atoms with Gasteiger partial charge in [-0.05, 0) is 114 Å². The standard InChI is InChI=1S/C59H52N2O3/c1-36(2)39-23-27-42(28-24-39)60(51-20-12-19-50-57-38(5)13-10-22-54(57)64-59(50)51)45-31-32-49-55(34-45)63-56-35-52(47-17-6-7-18-48(47)58(49)56)61(43-29-25-40(26-30-43)37(3)4)44-15-11-14-41(33-44)46-16-8-9-21-53(46)62/h6-12,14-25,27-38,40,62H,13,26H2,1-5H3. The zero-order chi connectivity index (χ0) is 43.6. The molecule has 0 fully saturated rings. The van der Waals surface area contributed by atoms with Crippen molar-refractivity contribution < 1.29 is 13.9 Å². The molecule has 0 amide bonds. The number of allylic oxidation sites excluding steroid dienone is 4. The van der Waals surface area contributed by atoms with Crippen LogP contribution < -0.4 is 9.80 Å². The molecule has 2 aliphatic carbocycles. The van der Waals surface area contributed by atoms with Crippen molar-refractivity contribution in [1.82, 2.24) is 0 Å². The number of nitrogens with zero attached hydrogens (tertiary/aromatic N) is 2. The summed E-state index contributed by atoms with van der Waals surface area (Å²) >= 11 is 0. The summed E-state index contributed by atoms with van der Waals surface area (Å²) in [6, 6.07) is 49.0. The average Bonchev–Trinajstić information content (AvgIpc) is 3.89. The highest BCUT2D eigenvalue weighted by Gasteiger charge is 2.27. The van der Waals surface area contributed by atoms with E-state index in [-0.39, 0.29) is 5.75 Å². The number of benzene rings is 7. The fourth-order valence-electron chi connectivity index (χ4n) is 10.1. The number of rotatable bonds is 9. The Balaban J connectivity index is 1.10. The molecule has 316 valence electrons. The van der Waals surface area contributed by atoms with Gasteiger partial charge in [0.05, 0.1) is 17.1 Å². The van der Waals surface area contributed by atoms with Crippen LogP contribution in [-0.4, -0.2) is 5.11 Å². The van der Waals surface area contributed by atoms with Crippen LogP contribution in [0.3, 0.4) is 0 Å². The van der Waals surface area contributed by atoms with Crippen LogP contribution in [0.25, 0.3) is 60.9 Å². The fraction of sp³-hybridized carbons (Fsp3) is 0.186. The molecule has 9 aromatic rings. The highest BCUT2D eigenvalue weighted by atomic mass is 16.3. The smallest absolute Gasteiger partial charge is 0.159 e. The van der Waals surface area contributed by atoms with Gasteiger partial charge in [-0.1, -0.05) is 132 Å². The molecule has 2 aliphatic rings. The molecule has 1 N–H and O–H groups in total. The van der Waals surface area contributed by atoms with Crippen molar-refractivity contribution >= 4 is 78.2 Å². The Labute approximate surface area is 374 Å². The molecule has 5 heteroatoms. The minimum absolute atomic E-state index is 0.258. The molecule has 2 atom stereocenters. The highest BCUT2D eigenvalue weighted by molar-refractivity contribution is 6.22. The second kappa shape index (κ2) is 15.8. The summed E-state index contributed by atoms with van der Waals surface area (Å²) in [5, 5.41) is 16.5. The van der Waals surface area contributed by atoms with Gasteiger partial charge < -0.3 is 23.7 Å². The summed E-state index contributed by atoms with van der Waals surface area (Å²) < 4.78 is 13.8. The molecule has 2 unspecified atom stereocenters. The lowest BCUT2D eigenvalue weighted by atomic mass is 9.88. The van der Waals surface area contributed by atoms with Gasteiger partial charge in [0, 0.05) is 61.9 Å². The van der Waals surface area contributed by atoms with Crippen molar-refractivity contribution in [1.29, 1.82) is 0 Å². The third-order valence-electron chi connectivity index (χ3n) is 13.6. The Hall–Kier alpha value is -7.24. The third kappa shape index (κ3) is 6.69. The van der Waals surface area contributed by atoms with E-state index in [2.05, 4.69) is 190 Å². The lowest BCUT2D eigenvalue weighted by Crippen LogP contribution is -2.19. The summed E-state index contributed by atoms with van der Waals surface area (Å²) in [6.45, 7) is 11.3. The van der Waals surface area contributed by atoms with Crippen LogP contribution in [0.4, 0.5) is 28.4 Å². The SMILES string of the molecule is CC(C)c1ccc(N(c2ccc3c(c2)oc2cc(N(C4=CCC(C(C)C)C=C4)c4cccc(-c5ccccc5O)c4)c4ccccc4c23)c2cccc3c4c(oc23)C=CCC4C)cc1. The monoisotopic (exact) mass is 836 g/mol. The first kappa shape index (κ1) is 39.6. The van der Waals surface area contributed by atoms with Crippen LogP contribution in [0.1, 0.15) is 76.2 Å². The van der Waals surface area contributed by atoms with Gasteiger partial charge in [0.1, 0.15) is 22.7 Å². The maximum absolute atomic E-state index is 10.9. The lowest BCUT2D eigenvalue weighted by molar-refractivity contribution is 0.466. The molecule has 11 rings (SSSR count). The van der Waals surface area contributed by atoms with Crippen LogP contribution in [0.15, 0.2) is 178 Å². The number of fused-ring (bicyclic) bond motifs is 8.